The number of hydrogen-bond acceptors (Lipinski definition) is 4. The van der Waals surface area contributed by atoms with Crippen molar-refractivity contribution in [1.82, 2.24) is 9.99 Å². The van der Waals surface area contributed by atoms with E-state index >= 15 is 0 Å². The van der Waals surface area contributed by atoms with Crippen molar-refractivity contribution in [3.8, 4) is 0 Å². The van der Waals surface area contributed by atoms with Crippen LogP contribution in [0.25, 0.3) is 0 Å². The summed E-state index contributed by atoms with van der Waals surface area (Å²) in [4.78, 5) is 25.0. The predicted molar refractivity (Wildman–Crippen MR) is 55.8 cm³/mol. The number of aldehydes is 1. The average molecular weight is 210 g/mol. The van der Waals surface area contributed by atoms with Crippen LogP contribution < -0.4 is 0 Å². The molecule has 1 rings (SSSR count). The maximum atomic E-state index is 10.7. The van der Waals surface area contributed by atoms with Crippen LogP contribution in [0, 0.1) is 4.91 Å². The third-order valence-electron chi connectivity index (χ3n) is 2.01. The first-order valence-corrected chi connectivity index (χ1v) is 4.47. The van der Waals surface area contributed by atoms with Crippen LogP contribution in [0.2, 0.25) is 0 Å². The van der Waals surface area contributed by atoms with Gasteiger partial charge in [0.05, 0.1) is 11.3 Å². The molecule has 0 fully saturated rings. The van der Waals surface area contributed by atoms with Gasteiger partial charge in [0.25, 0.3) is 0 Å². The Kier molecular flexibility index (Phi) is 2.93. The zero-order valence-corrected chi connectivity index (χ0v) is 8.04. The summed E-state index contributed by atoms with van der Waals surface area (Å²) in [6.45, 7) is -2.65. The molecule has 1 atom stereocenters. The maximum absolute atomic E-state index is 10.7. The fraction of sp³-hybridized carbons (Fsp3) is 0.400. The Bertz CT molecular complexity index is 397. The molecule has 5 nitrogen and oxygen atoms in total. The molecule has 1 aromatic rings. The standard InChI is InChI=1S/C10H13N3O2/c1-13(12-15)10(5-3-7-14)9-4-2-6-11-8-9/h2,4,6-8,10H,3,5H2,1H3/i1D3. The number of carbonyl (C=O) groups is 1. The number of pyridine rings is 1. The average Bonchev–Trinajstić information content (AvgIpc) is 2.34. The molecular weight excluding hydrogens is 194 g/mol. The van der Waals surface area contributed by atoms with E-state index in [9.17, 15) is 9.70 Å². The lowest BCUT2D eigenvalue weighted by Crippen LogP contribution is -2.18. The van der Waals surface area contributed by atoms with E-state index in [1.54, 1.807) is 12.1 Å². The topological polar surface area (TPSA) is 62.6 Å². The fourth-order valence-corrected chi connectivity index (χ4v) is 1.29. The van der Waals surface area contributed by atoms with E-state index in [1.165, 1.54) is 12.4 Å². The normalized spacial score (nSPS) is 15.6. The summed E-state index contributed by atoms with van der Waals surface area (Å²) in [7, 11) is 0. The molecule has 1 aromatic heterocycles. The first-order valence-electron chi connectivity index (χ1n) is 5.97. The van der Waals surface area contributed by atoms with Crippen LogP contribution in [-0.2, 0) is 4.79 Å². The van der Waals surface area contributed by atoms with Crippen LogP contribution in [-0.4, -0.2) is 23.3 Å². The van der Waals surface area contributed by atoms with Crippen LogP contribution in [0.5, 0.6) is 0 Å². The second kappa shape index (κ2) is 5.85. The summed E-state index contributed by atoms with van der Waals surface area (Å²) < 4.78 is 21.8. The van der Waals surface area contributed by atoms with E-state index in [2.05, 4.69) is 10.3 Å². The van der Waals surface area contributed by atoms with Gasteiger partial charge in [0.1, 0.15) is 6.29 Å². The molecule has 0 spiro atoms. The SMILES string of the molecule is [2H]C([2H])([2H])N(N=O)C(CCC=O)c1cccnc1. The Balaban J connectivity index is 3.04. The molecule has 15 heavy (non-hydrogen) atoms. The van der Waals surface area contributed by atoms with Crippen molar-refractivity contribution in [3.63, 3.8) is 0 Å². The van der Waals surface area contributed by atoms with Crippen LogP contribution >= 0.6 is 0 Å². The minimum Gasteiger partial charge on any atom is -0.303 e. The van der Waals surface area contributed by atoms with Gasteiger partial charge in [-0.15, -0.1) is 4.91 Å². The first-order chi connectivity index (χ1) is 8.50. The van der Waals surface area contributed by atoms with E-state index < -0.39 is 13.0 Å². The Labute approximate surface area is 92.3 Å². The molecule has 0 N–H and O–H groups in total. The molecule has 0 bridgehead atoms. The monoisotopic (exact) mass is 210 g/mol. The number of aromatic nitrogens is 1. The molecule has 0 saturated carbocycles. The molecule has 0 aliphatic carbocycles. The summed E-state index contributed by atoms with van der Waals surface area (Å²) in [6.07, 6.45) is 4.00. The van der Waals surface area contributed by atoms with E-state index in [1.807, 2.05) is 0 Å². The van der Waals surface area contributed by atoms with Gasteiger partial charge in [0.2, 0.25) is 0 Å². The molecular formula is C10H13N3O2. The van der Waals surface area contributed by atoms with E-state index in [0.29, 0.717) is 16.9 Å². The van der Waals surface area contributed by atoms with Gasteiger partial charge in [-0.05, 0) is 18.1 Å². The van der Waals surface area contributed by atoms with Gasteiger partial charge in [0, 0.05) is 29.9 Å². The Morgan fingerprint density at radius 3 is 3.20 bits per heavy atom. The minimum absolute atomic E-state index is 0.141. The van der Waals surface area contributed by atoms with Gasteiger partial charge < -0.3 is 4.79 Å². The zero-order chi connectivity index (χ0) is 13.6. The molecule has 0 saturated heterocycles. The van der Waals surface area contributed by atoms with Crippen molar-refractivity contribution in [3.05, 3.63) is 35.0 Å². The molecule has 0 radical (unpaired) electrons. The summed E-state index contributed by atoms with van der Waals surface area (Å²) in [5, 5.41) is 3.06. The molecule has 1 heterocycles. The third-order valence-corrected chi connectivity index (χ3v) is 2.01. The van der Waals surface area contributed by atoms with Crippen LogP contribution in [0.1, 0.15) is 28.6 Å². The smallest absolute Gasteiger partial charge is 0.120 e. The Morgan fingerprint density at radius 1 is 1.80 bits per heavy atom. The highest BCUT2D eigenvalue weighted by Gasteiger charge is 2.16. The van der Waals surface area contributed by atoms with Gasteiger partial charge in [-0.2, -0.15) is 0 Å². The predicted octanol–water partition coefficient (Wildman–Crippen LogP) is 1.72. The molecule has 0 aliphatic rings. The molecule has 80 valence electrons. The quantitative estimate of drug-likeness (QED) is 0.407. The summed E-state index contributed by atoms with van der Waals surface area (Å²) in [5.74, 6) is 0. The minimum atomic E-state index is -2.65. The Hall–Kier alpha value is -1.78. The van der Waals surface area contributed by atoms with Crippen LogP contribution in [0.15, 0.2) is 29.8 Å². The van der Waals surface area contributed by atoms with Crippen LogP contribution in [0.4, 0.5) is 0 Å². The number of rotatable bonds is 6. The van der Waals surface area contributed by atoms with E-state index in [0.717, 1.165) is 0 Å². The summed E-state index contributed by atoms with van der Waals surface area (Å²) in [6, 6.07) is 2.49. The highest BCUT2D eigenvalue weighted by atomic mass is 16.3. The van der Waals surface area contributed by atoms with Gasteiger partial charge in [-0.1, -0.05) is 6.07 Å². The highest BCUT2D eigenvalue weighted by Crippen LogP contribution is 2.23. The van der Waals surface area contributed by atoms with Crippen molar-refractivity contribution in [2.75, 3.05) is 6.98 Å². The molecule has 0 amide bonds. The molecule has 5 heteroatoms. The molecule has 1 unspecified atom stereocenters. The second-order valence-electron chi connectivity index (χ2n) is 2.97. The summed E-state index contributed by atoms with van der Waals surface area (Å²) in [5.41, 5.74) is 0.537. The van der Waals surface area contributed by atoms with Gasteiger partial charge in [-0.3, -0.25) is 9.99 Å². The highest BCUT2D eigenvalue weighted by molar-refractivity contribution is 5.49. The van der Waals surface area contributed by atoms with Gasteiger partial charge in [0.15, 0.2) is 0 Å². The number of hydrogen-bond donors (Lipinski definition) is 0. The third kappa shape index (κ3) is 3.12. The van der Waals surface area contributed by atoms with E-state index in [-0.39, 0.29) is 12.8 Å². The van der Waals surface area contributed by atoms with Gasteiger partial charge in [-0.25, -0.2) is 0 Å². The fourth-order valence-electron chi connectivity index (χ4n) is 1.29. The van der Waals surface area contributed by atoms with Crippen molar-refractivity contribution >= 4 is 6.29 Å². The lowest BCUT2D eigenvalue weighted by molar-refractivity contribution is -0.108. The van der Waals surface area contributed by atoms with Crippen molar-refractivity contribution in [2.24, 2.45) is 5.29 Å². The second-order valence-corrected chi connectivity index (χ2v) is 2.97. The molecule has 0 aliphatic heterocycles. The van der Waals surface area contributed by atoms with Crippen molar-refractivity contribution in [2.45, 2.75) is 18.9 Å². The number of carbonyl (C=O) groups excluding carboxylic acids is 1. The van der Waals surface area contributed by atoms with Crippen LogP contribution in [0.3, 0.4) is 0 Å². The largest absolute Gasteiger partial charge is 0.303 e. The lowest BCUT2D eigenvalue weighted by atomic mass is 10.0. The van der Waals surface area contributed by atoms with Crippen molar-refractivity contribution in [1.29, 1.82) is 0 Å². The number of nitroso groups, excluding NO2 is 1. The molecule has 0 aromatic carbocycles. The maximum Gasteiger partial charge on any atom is 0.120 e. The Morgan fingerprint density at radius 2 is 2.67 bits per heavy atom. The zero-order valence-electron chi connectivity index (χ0n) is 11.0. The first kappa shape index (κ1) is 7.50. The van der Waals surface area contributed by atoms with Gasteiger partial charge >= 0.3 is 0 Å². The summed E-state index contributed by atoms with van der Waals surface area (Å²) >= 11 is 0. The van der Waals surface area contributed by atoms with Crippen molar-refractivity contribution < 1.29 is 8.91 Å². The number of nitrogens with zero attached hydrogens (tertiary/aromatic N) is 3. The van der Waals surface area contributed by atoms with E-state index in [4.69, 9.17) is 4.11 Å². The lowest BCUT2D eigenvalue weighted by Gasteiger charge is -2.21.